The molecule has 1 aromatic rings. The lowest BCUT2D eigenvalue weighted by atomic mass is 9.86. The fourth-order valence-electron chi connectivity index (χ4n) is 3.48. The van der Waals surface area contributed by atoms with E-state index in [1.807, 2.05) is 11.7 Å². The summed E-state index contributed by atoms with van der Waals surface area (Å²) in [5.41, 5.74) is 3.28. The maximum atomic E-state index is 12.1. The van der Waals surface area contributed by atoms with Crippen molar-refractivity contribution in [1.29, 1.82) is 0 Å². The van der Waals surface area contributed by atoms with Crippen LogP contribution in [0.3, 0.4) is 0 Å². The van der Waals surface area contributed by atoms with Crippen molar-refractivity contribution in [3.63, 3.8) is 0 Å². The largest absolute Gasteiger partial charge is 0.481 e. The number of carbonyl (C=O) groups is 2. The zero-order chi connectivity index (χ0) is 17.7. The molecule has 7 nitrogen and oxygen atoms in total. The first-order valence-corrected chi connectivity index (χ1v) is 8.77. The molecule has 0 bridgehead atoms. The molecule has 1 fully saturated rings. The third-order valence-corrected chi connectivity index (χ3v) is 4.87. The lowest BCUT2D eigenvalue weighted by Crippen LogP contribution is -2.44. The number of rotatable bonds is 6. The summed E-state index contributed by atoms with van der Waals surface area (Å²) in [4.78, 5) is 23.1. The van der Waals surface area contributed by atoms with Gasteiger partial charge in [-0.1, -0.05) is 13.8 Å². The Morgan fingerprint density at radius 2 is 1.88 bits per heavy atom. The number of amides is 2. The van der Waals surface area contributed by atoms with Crippen LogP contribution in [0.2, 0.25) is 0 Å². The van der Waals surface area contributed by atoms with Crippen LogP contribution in [0.15, 0.2) is 0 Å². The summed E-state index contributed by atoms with van der Waals surface area (Å²) in [6.45, 7) is 4.61. The Morgan fingerprint density at radius 3 is 2.42 bits per heavy atom. The van der Waals surface area contributed by atoms with Crippen LogP contribution in [0.4, 0.5) is 4.79 Å². The van der Waals surface area contributed by atoms with Gasteiger partial charge in [-0.2, -0.15) is 5.10 Å². The molecule has 1 aromatic heterocycles. The van der Waals surface area contributed by atoms with Crippen LogP contribution in [0.5, 0.6) is 0 Å². The van der Waals surface area contributed by atoms with Crippen LogP contribution in [-0.4, -0.2) is 32.9 Å². The number of aryl methyl sites for hydroxylation is 2. The second-order valence-electron chi connectivity index (χ2n) is 6.42. The van der Waals surface area contributed by atoms with E-state index in [9.17, 15) is 9.59 Å². The summed E-state index contributed by atoms with van der Waals surface area (Å²) in [5, 5.41) is 19.4. The van der Waals surface area contributed by atoms with E-state index < -0.39 is 5.97 Å². The number of hydrogen-bond donors (Lipinski definition) is 3. The lowest BCUT2D eigenvalue weighted by molar-refractivity contribution is -0.142. The molecule has 1 heterocycles. The molecular formula is C17H28N4O3. The second kappa shape index (κ2) is 8.17. The van der Waals surface area contributed by atoms with E-state index in [0.29, 0.717) is 19.4 Å². The van der Waals surface area contributed by atoms with Crippen molar-refractivity contribution in [2.75, 3.05) is 0 Å². The third-order valence-electron chi connectivity index (χ3n) is 4.87. The van der Waals surface area contributed by atoms with E-state index in [-0.39, 0.29) is 18.0 Å². The Labute approximate surface area is 142 Å². The van der Waals surface area contributed by atoms with Gasteiger partial charge in [0.25, 0.3) is 0 Å². The minimum atomic E-state index is -0.728. The van der Waals surface area contributed by atoms with E-state index in [2.05, 4.69) is 29.6 Å². The minimum absolute atomic E-state index is 0.0609. The number of nitrogens with zero attached hydrogens (tertiary/aromatic N) is 2. The summed E-state index contributed by atoms with van der Waals surface area (Å²) in [6.07, 6.45) is 4.41. The highest BCUT2D eigenvalue weighted by atomic mass is 16.4. The standard InChI is InChI=1S/C17H28N4O3/c1-4-14-13(15(5-2)21(3)20-14)10-18-17(24)19-12-8-6-11(7-9-12)16(22)23/h11-12H,4-10H2,1-3H3,(H,22,23)(H2,18,19,24). The summed E-state index contributed by atoms with van der Waals surface area (Å²) in [5.74, 6) is -0.991. The van der Waals surface area contributed by atoms with Gasteiger partial charge >= 0.3 is 12.0 Å². The van der Waals surface area contributed by atoms with Crippen molar-refractivity contribution in [2.45, 2.75) is 65.0 Å². The molecule has 0 spiro atoms. The molecule has 7 heteroatoms. The number of aliphatic carboxylic acids is 1. The highest BCUT2D eigenvalue weighted by molar-refractivity contribution is 5.74. The average molecular weight is 336 g/mol. The molecule has 2 amide bonds. The monoisotopic (exact) mass is 336 g/mol. The van der Waals surface area contributed by atoms with Crippen LogP contribution in [0, 0.1) is 5.92 Å². The molecule has 0 saturated heterocycles. The summed E-state index contributed by atoms with van der Waals surface area (Å²) < 4.78 is 1.89. The number of carbonyl (C=O) groups excluding carboxylic acids is 1. The van der Waals surface area contributed by atoms with Gasteiger partial charge in [-0.15, -0.1) is 0 Å². The molecule has 0 unspecified atom stereocenters. The maximum Gasteiger partial charge on any atom is 0.315 e. The third kappa shape index (κ3) is 4.27. The number of hydrogen-bond acceptors (Lipinski definition) is 3. The van der Waals surface area contributed by atoms with Crippen LogP contribution in [-0.2, 0) is 31.2 Å². The predicted molar refractivity (Wildman–Crippen MR) is 90.7 cm³/mol. The van der Waals surface area contributed by atoms with Crippen molar-refractivity contribution in [3.8, 4) is 0 Å². The number of nitrogens with one attached hydrogen (secondary N) is 2. The molecule has 1 aliphatic carbocycles. The summed E-state index contributed by atoms with van der Waals surface area (Å²) >= 11 is 0. The fourth-order valence-corrected chi connectivity index (χ4v) is 3.48. The number of urea groups is 1. The first-order chi connectivity index (χ1) is 11.5. The Balaban J connectivity index is 1.85. The zero-order valence-corrected chi connectivity index (χ0v) is 14.8. The van der Waals surface area contributed by atoms with Gasteiger partial charge in [0.05, 0.1) is 11.6 Å². The molecule has 0 aromatic carbocycles. The van der Waals surface area contributed by atoms with Gasteiger partial charge in [-0.25, -0.2) is 4.79 Å². The van der Waals surface area contributed by atoms with Gasteiger partial charge < -0.3 is 15.7 Å². The van der Waals surface area contributed by atoms with Crippen LogP contribution < -0.4 is 10.6 Å². The van der Waals surface area contributed by atoms with Crippen molar-refractivity contribution in [2.24, 2.45) is 13.0 Å². The van der Waals surface area contributed by atoms with Crippen LogP contribution in [0.25, 0.3) is 0 Å². The quantitative estimate of drug-likeness (QED) is 0.740. The molecule has 0 aliphatic heterocycles. The Hall–Kier alpha value is -2.05. The second-order valence-corrected chi connectivity index (χ2v) is 6.42. The Bertz CT molecular complexity index is 589. The van der Waals surface area contributed by atoms with Crippen LogP contribution >= 0.6 is 0 Å². The SMILES string of the molecule is CCc1nn(C)c(CC)c1CNC(=O)NC1CCC(C(=O)O)CC1. The van der Waals surface area contributed by atoms with Gasteiger partial charge in [-0.05, 0) is 38.5 Å². The molecule has 1 aliphatic rings. The highest BCUT2D eigenvalue weighted by Gasteiger charge is 2.26. The predicted octanol–water partition coefficient (Wildman–Crippen LogP) is 1.99. The van der Waals surface area contributed by atoms with Gasteiger partial charge in [0, 0.05) is 30.9 Å². The average Bonchev–Trinajstić information content (AvgIpc) is 2.88. The minimum Gasteiger partial charge on any atom is -0.481 e. The van der Waals surface area contributed by atoms with Gasteiger partial charge in [0.1, 0.15) is 0 Å². The Morgan fingerprint density at radius 1 is 1.21 bits per heavy atom. The van der Waals surface area contributed by atoms with Gasteiger partial charge in [-0.3, -0.25) is 9.48 Å². The highest BCUT2D eigenvalue weighted by Crippen LogP contribution is 2.24. The van der Waals surface area contributed by atoms with Crippen LogP contribution in [0.1, 0.15) is 56.5 Å². The normalized spacial score (nSPS) is 20.6. The molecule has 24 heavy (non-hydrogen) atoms. The number of carboxylic acids is 1. The molecule has 0 radical (unpaired) electrons. The Kier molecular flexibility index (Phi) is 6.23. The van der Waals surface area contributed by atoms with E-state index >= 15 is 0 Å². The molecular weight excluding hydrogens is 308 g/mol. The van der Waals surface area contributed by atoms with E-state index in [1.54, 1.807) is 0 Å². The van der Waals surface area contributed by atoms with E-state index in [1.165, 1.54) is 0 Å². The molecule has 2 rings (SSSR count). The maximum absolute atomic E-state index is 12.1. The fraction of sp³-hybridized carbons (Fsp3) is 0.706. The summed E-state index contributed by atoms with van der Waals surface area (Å²) in [7, 11) is 1.93. The van der Waals surface area contributed by atoms with Gasteiger partial charge in [0.2, 0.25) is 0 Å². The molecule has 1 saturated carbocycles. The van der Waals surface area contributed by atoms with Crippen molar-refractivity contribution in [3.05, 3.63) is 17.0 Å². The van der Waals surface area contributed by atoms with Crippen molar-refractivity contribution >= 4 is 12.0 Å². The number of carboxylic acid groups (broad SMARTS) is 1. The first-order valence-electron chi connectivity index (χ1n) is 8.77. The first kappa shape index (κ1) is 18.3. The zero-order valence-electron chi connectivity index (χ0n) is 14.8. The van der Waals surface area contributed by atoms with Crippen molar-refractivity contribution in [1.82, 2.24) is 20.4 Å². The van der Waals surface area contributed by atoms with Gasteiger partial charge in [0.15, 0.2) is 0 Å². The molecule has 3 N–H and O–H groups in total. The molecule has 0 atom stereocenters. The summed E-state index contributed by atoms with van der Waals surface area (Å²) in [6, 6.07) is -0.132. The van der Waals surface area contributed by atoms with E-state index in [4.69, 9.17) is 5.11 Å². The smallest absolute Gasteiger partial charge is 0.315 e. The van der Waals surface area contributed by atoms with Crippen molar-refractivity contribution < 1.29 is 14.7 Å². The van der Waals surface area contributed by atoms with E-state index in [0.717, 1.165) is 42.6 Å². The molecule has 134 valence electrons. The topological polar surface area (TPSA) is 96.3 Å². The number of aromatic nitrogens is 2. The lowest BCUT2D eigenvalue weighted by Gasteiger charge is -2.26.